The van der Waals surface area contributed by atoms with Crippen LogP contribution in [0, 0.1) is 0 Å². The van der Waals surface area contributed by atoms with E-state index >= 15 is 0 Å². The normalized spacial score (nSPS) is 10.6. The van der Waals surface area contributed by atoms with Gasteiger partial charge in [-0.15, -0.1) is 0 Å². The summed E-state index contributed by atoms with van der Waals surface area (Å²) in [7, 11) is 0. The SMILES string of the molecule is C=C(NOCCCCCOc1c(CC)cc(OCC=C(Cl)Cl)cc1CC)c1ccc(Cl)cc1. The number of unbranched alkanes of at least 4 members (excludes halogenated alkanes) is 2. The van der Waals surface area contributed by atoms with E-state index in [4.69, 9.17) is 49.1 Å². The topological polar surface area (TPSA) is 39.7 Å². The van der Waals surface area contributed by atoms with Gasteiger partial charge in [-0.1, -0.05) is 67.4 Å². The second-order valence-corrected chi connectivity index (χ2v) is 8.87. The van der Waals surface area contributed by atoms with E-state index < -0.39 is 0 Å². The molecule has 0 unspecified atom stereocenters. The van der Waals surface area contributed by atoms with Gasteiger partial charge in [-0.3, -0.25) is 10.3 Å². The average molecular weight is 513 g/mol. The molecular weight excluding hydrogens is 481 g/mol. The van der Waals surface area contributed by atoms with Gasteiger partial charge in [-0.25, -0.2) is 0 Å². The van der Waals surface area contributed by atoms with Gasteiger partial charge in [-0.05, 0) is 79.1 Å². The van der Waals surface area contributed by atoms with Crippen molar-refractivity contribution in [2.24, 2.45) is 0 Å². The Kier molecular flexibility index (Phi) is 12.6. The van der Waals surface area contributed by atoms with Crippen LogP contribution in [0.1, 0.15) is 49.8 Å². The molecule has 180 valence electrons. The summed E-state index contributed by atoms with van der Waals surface area (Å²) in [6.45, 7) is 9.80. The molecule has 0 saturated heterocycles. The van der Waals surface area contributed by atoms with Gasteiger partial charge in [0, 0.05) is 5.02 Å². The third-order valence-corrected chi connectivity index (χ3v) is 5.55. The number of nitrogens with one attached hydrogen (secondary N) is 1. The van der Waals surface area contributed by atoms with Crippen molar-refractivity contribution in [1.82, 2.24) is 5.48 Å². The Morgan fingerprint density at radius 3 is 2.18 bits per heavy atom. The first kappa shape index (κ1) is 27.4. The first-order chi connectivity index (χ1) is 15.9. The van der Waals surface area contributed by atoms with E-state index in [0.717, 1.165) is 60.3 Å². The average Bonchev–Trinajstić information content (AvgIpc) is 2.80. The van der Waals surface area contributed by atoms with Gasteiger partial charge in [0.1, 0.15) is 22.6 Å². The van der Waals surface area contributed by atoms with Crippen molar-refractivity contribution >= 4 is 40.5 Å². The van der Waals surface area contributed by atoms with E-state index in [2.05, 4.69) is 25.9 Å². The van der Waals surface area contributed by atoms with Crippen LogP contribution in [0.25, 0.3) is 5.70 Å². The van der Waals surface area contributed by atoms with Crippen LogP contribution in [0.2, 0.25) is 5.02 Å². The van der Waals surface area contributed by atoms with Crippen molar-refractivity contribution in [3.63, 3.8) is 0 Å². The molecule has 4 nitrogen and oxygen atoms in total. The number of halogens is 3. The van der Waals surface area contributed by atoms with Crippen LogP contribution in [-0.4, -0.2) is 19.8 Å². The Hall–Kier alpha value is -1.85. The second kappa shape index (κ2) is 15.1. The highest BCUT2D eigenvalue weighted by atomic mass is 35.5. The van der Waals surface area contributed by atoms with Crippen LogP contribution >= 0.6 is 34.8 Å². The van der Waals surface area contributed by atoms with Gasteiger partial charge < -0.3 is 9.47 Å². The molecule has 2 aromatic rings. The number of hydroxylamine groups is 1. The molecule has 0 amide bonds. The van der Waals surface area contributed by atoms with Crippen molar-refractivity contribution in [2.75, 3.05) is 19.8 Å². The number of hydrogen-bond donors (Lipinski definition) is 1. The summed E-state index contributed by atoms with van der Waals surface area (Å²) in [5.41, 5.74) is 6.83. The minimum absolute atomic E-state index is 0.203. The van der Waals surface area contributed by atoms with E-state index in [-0.39, 0.29) is 4.49 Å². The largest absolute Gasteiger partial charge is 0.493 e. The molecule has 7 heteroatoms. The van der Waals surface area contributed by atoms with Crippen LogP contribution in [0.3, 0.4) is 0 Å². The van der Waals surface area contributed by atoms with E-state index in [1.54, 1.807) is 6.08 Å². The van der Waals surface area contributed by atoms with E-state index in [9.17, 15) is 0 Å². The van der Waals surface area contributed by atoms with Crippen LogP contribution in [0.4, 0.5) is 0 Å². The minimum atomic E-state index is 0.203. The fraction of sp³-hybridized carbons (Fsp3) is 0.385. The molecule has 0 bridgehead atoms. The van der Waals surface area contributed by atoms with Gasteiger partial charge >= 0.3 is 0 Å². The first-order valence-corrected chi connectivity index (χ1v) is 12.3. The summed E-state index contributed by atoms with van der Waals surface area (Å²) >= 11 is 17.2. The number of aryl methyl sites for hydroxylation is 2. The summed E-state index contributed by atoms with van der Waals surface area (Å²) in [6.07, 6.45) is 6.23. The molecule has 0 atom stereocenters. The summed E-state index contributed by atoms with van der Waals surface area (Å²) in [4.78, 5) is 5.52. The Morgan fingerprint density at radius 1 is 0.939 bits per heavy atom. The van der Waals surface area contributed by atoms with Crippen LogP contribution < -0.4 is 15.0 Å². The summed E-state index contributed by atoms with van der Waals surface area (Å²) in [6, 6.07) is 11.5. The van der Waals surface area contributed by atoms with Gasteiger partial charge in [-0.2, -0.15) is 0 Å². The van der Waals surface area contributed by atoms with Crippen molar-refractivity contribution in [3.05, 3.63) is 75.3 Å². The fourth-order valence-electron chi connectivity index (χ4n) is 3.19. The molecular formula is C26H32Cl3NO3. The highest BCUT2D eigenvalue weighted by Crippen LogP contribution is 2.31. The molecule has 0 radical (unpaired) electrons. The maximum absolute atomic E-state index is 6.17. The van der Waals surface area contributed by atoms with Gasteiger partial charge in [0.2, 0.25) is 0 Å². The Morgan fingerprint density at radius 2 is 1.58 bits per heavy atom. The lowest BCUT2D eigenvalue weighted by Gasteiger charge is -2.17. The van der Waals surface area contributed by atoms with Crippen molar-refractivity contribution in [2.45, 2.75) is 46.0 Å². The molecule has 1 N–H and O–H groups in total. The lowest BCUT2D eigenvalue weighted by atomic mass is 10.0. The predicted octanol–water partition coefficient (Wildman–Crippen LogP) is 7.90. The van der Waals surface area contributed by atoms with Crippen molar-refractivity contribution in [3.8, 4) is 11.5 Å². The molecule has 0 spiro atoms. The third-order valence-electron chi connectivity index (χ3n) is 4.99. The standard InChI is InChI=1S/C26H32Cl3NO3/c1-4-20-17-24(31-16-13-25(28)29)18-21(5-2)26(20)32-14-7-6-8-15-33-30-19(3)22-9-11-23(27)12-10-22/h9-13,17-18,30H,3-8,14-16H2,1-2H3. The molecule has 0 aliphatic carbocycles. The molecule has 2 rings (SSSR count). The molecule has 0 fully saturated rings. The maximum atomic E-state index is 6.17. The fourth-order valence-corrected chi connectivity index (χ4v) is 3.44. The van der Waals surface area contributed by atoms with Crippen LogP contribution in [0.5, 0.6) is 11.5 Å². The van der Waals surface area contributed by atoms with E-state index in [0.29, 0.717) is 30.5 Å². The zero-order chi connectivity index (χ0) is 24.1. The molecule has 33 heavy (non-hydrogen) atoms. The molecule has 0 saturated carbocycles. The quantitative estimate of drug-likeness (QED) is 0.194. The number of ether oxygens (including phenoxy) is 2. The Bertz CT molecular complexity index is 884. The Balaban J connectivity index is 1.72. The Labute approximate surface area is 212 Å². The predicted molar refractivity (Wildman–Crippen MR) is 139 cm³/mol. The zero-order valence-electron chi connectivity index (χ0n) is 19.3. The molecule has 2 aromatic carbocycles. The molecule has 0 aliphatic rings. The first-order valence-electron chi connectivity index (χ1n) is 11.2. The molecule has 0 aromatic heterocycles. The number of rotatable bonds is 15. The number of hydrogen-bond acceptors (Lipinski definition) is 4. The van der Waals surface area contributed by atoms with Crippen molar-refractivity contribution in [1.29, 1.82) is 0 Å². The smallest absolute Gasteiger partial charge is 0.125 e. The molecule has 0 aliphatic heterocycles. The summed E-state index contributed by atoms with van der Waals surface area (Å²) in [5.74, 6) is 1.77. The monoisotopic (exact) mass is 511 g/mol. The van der Waals surface area contributed by atoms with E-state index in [1.165, 1.54) is 0 Å². The zero-order valence-corrected chi connectivity index (χ0v) is 21.5. The van der Waals surface area contributed by atoms with Gasteiger partial charge in [0.05, 0.1) is 18.9 Å². The summed E-state index contributed by atoms with van der Waals surface area (Å²) in [5, 5.41) is 0.695. The lowest BCUT2D eigenvalue weighted by molar-refractivity contribution is 0.0747. The van der Waals surface area contributed by atoms with Gasteiger partial charge in [0.25, 0.3) is 0 Å². The molecule has 0 heterocycles. The van der Waals surface area contributed by atoms with Crippen molar-refractivity contribution < 1.29 is 14.3 Å². The van der Waals surface area contributed by atoms with Gasteiger partial charge in [0.15, 0.2) is 0 Å². The van der Waals surface area contributed by atoms with E-state index in [1.807, 2.05) is 36.4 Å². The summed E-state index contributed by atoms with van der Waals surface area (Å²) < 4.78 is 12.1. The van der Waals surface area contributed by atoms with Crippen LogP contribution in [-0.2, 0) is 17.7 Å². The van der Waals surface area contributed by atoms with Crippen LogP contribution in [0.15, 0.2) is 53.5 Å². The lowest BCUT2D eigenvalue weighted by Crippen LogP contribution is -2.13. The maximum Gasteiger partial charge on any atom is 0.125 e. The second-order valence-electron chi connectivity index (χ2n) is 7.43. The number of benzene rings is 2. The third kappa shape index (κ3) is 9.89. The highest BCUT2D eigenvalue weighted by molar-refractivity contribution is 6.55. The minimum Gasteiger partial charge on any atom is -0.493 e. The highest BCUT2D eigenvalue weighted by Gasteiger charge is 2.11.